The molecule has 108 valence electrons. The molecule has 2 rings (SSSR count). The summed E-state index contributed by atoms with van der Waals surface area (Å²) in [6, 6.07) is 5.06. The van der Waals surface area contributed by atoms with Gasteiger partial charge in [0.1, 0.15) is 0 Å². The van der Waals surface area contributed by atoms with Crippen molar-refractivity contribution in [3.8, 4) is 0 Å². The normalized spacial score (nSPS) is 16.0. The maximum Gasteiger partial charge on any atom is 0.337 e. The quantitative estimate of drug-likeness (QED) is 0.890. The second kappa shape index (κ2) is 5.94. The van der Waals surface area contributed by atoms with Gasteiger partial charge in [-0.15, -0.1) is 0 Å². The van der Waals surface area contributed by atoms with Gasteiger partial charge in [-0.25, -0.2) is 4.79 Å². The van der Waals surface area contributed by atoms with Crippen molar-refractivity contribution in [1.82, 2.24) is 0 Å². The first kappa shape index (κ1) is 14.4. The number of benzene rings is 1. The molecule has 1 aliphatic heterocycles. The number of aromatic carboxylic acids is 1. The first-order valence-electron chi connectivity index (χ1n) is 6.87. The third kappa shape index (κ3) is 3.29. The van der Waals surface area contributed by atoms with Gasteiger partial charge in [-0.2, -0.15) is 0 Å². The molecule has 0 spiro atoms. The Morgan fingerprint density at radius 3 is 2.50 bits per heavy atom. The van der Waals surface area contributed by atoms with E-state index in [1.54, 1.807) is 12.1 Å². The fourth-order valence-electron chi connectivity index (χ4n) is 2.51. The van der Waals surface area contributed by atoms with E-state index in [2.05, 4.69) is 17.1 Å². The predicted octanol–water partition coefficient (Wildman–Crippen LogP) is 2.58. The summed E-state index contributed by atoms with van der Waals surface area (Å²) in [6.45, 7) is 5.37. The lowest BCUT2D eigenvalue weighted by molar-refractivity contribution is -0.114. The van der Waals surface area contributed by atoms with Gasteiger partial charge in [0.2, 0.25) is 5.91 Å². The first-order chi connectivity index (χ1) is 9.47. The lowest BCUT2D eigenvalue weighted by Crippen LogP contribution is -2.33. The Morgan fingerprint density at radius 2 is 1.95 bits per heavy atom. The van der Waals surface area contributed by atoms with Gasteiger partial charge < -0.3 is 15.3 Å². The molecule has 0 aromatic heterocycles. The maximum atomic E-state index is 11.4. The highest BCUT2D eigenvalue weighted by molar-refractivity contribution is 5.97. The molecule has 1 amide bonds. The van der Waals surface area contributed by atoms with Crippen LogP contribution in [0.1, 0.15) is 37.0 Å². The maximum absolute atomic E-state index is 11.4. The van der Waals surface area contributed by atoms with Crippen LogP contribution < -0.4 is 10.2 Å². The predicted molar refractivity (Wildman–Crippen MR) is 78.3 cm³/mol. The molecule has 2 N–H and O–H groups in total. The van der Waals surface area contributed by atoms with Crippen molar-refractivity contribution in [3.05, 3.63) is 23.8 Å². The SMILES string of the molecule is CC(=O)Nc1ccc(N2CCC(C)CC2)c(C(=O)O)c1. The number of hydrogen-bond donors (Lipinski definition) is 2. The zero-order chi connectivity index (χ0) is 14.7. The van der Waals surface area contributed by atoms with E-state index in [1.165, 1.54) is 13.0 Å². The molecule has 1 aromatic carbocycles. The largest absolute Gasteiger partial charge is 0.478 e. The zero-order valence-corrected chi connectivity index (χ0v) is 11.8. The number of carboxylic acid groups (broad SMARTS) is 1. The molecule has 0 radical (unpaired) electrons. The summed E-state index contributed by atoms with van der Waals surface area (Å²) in [6.07, 6.45) is 2.15. The van der Waals surface area contributed by atoms with E-state index in [0.717, 1.165) is 31.6 Å². The smallest absolute Gasteiger partial charge is 0.337 e. The molecule has 1 saturated heterocycles. The van der Waals surface area contributed by atoms with Crippen LogP contribution in [0.4, 0.5) is 11.4 Å². The van der Waals surface area contributed by atoms with E-state index in [9.17, 15) is 14.7 Å². The fourth-order valence-corrected chi connectivity index (χ4v) is 2.51. The molecule has 0 bridgehead atoms. The van der Waals surface area contributed by atoms with E-state index >= 15 is 0 Å². The molecule has 5 heteroatoms. The Hall–Kier alpha value is -2.04. The molecule has 1 heterocycles. The molecule has 5 nitrogen and oxygen atoms in total. The number of piperidine rings is 1. The van der Waals surface area contributed by atoms with Crippen molar-refractivity contribution in [3.63, 3.8) is 0 Å². The van der Waals surface area contributed by atoms with Gasteiger partial charge in [0.05, 0.1) is 11.3 Å². The van der Waals surface area contributed by atoms with Crippen molar-refractivity contribution < 1.29 is 14.7 Å². The van der Waals surface area contributed by atoms with Gasteiger partial charge in [-0.3, -0.25) is 4.79 Å². The molecule has 0 unspecified atom stereocenters. The summed E-state index contributed by atoms with van der Waals surface area (Å²) in [5.74, 6) is -0.482. The van der Waals surface area contributed by atoms with E-state index in [1.807, 2.05) is 0 Å². The minimum absolute atomic E-state index is 0.208. The second-order valence-corrected chi connectivity index (χ2v) is 5.39. The average molecular weight is 276 g/mol. The molecular weight excluding hydrogens is 256 g/mol. The third-order valence-electron chi connectivity index (χ3n) is 3.67. The highest BCUT2D eigenvalue weighted by atomic mass is 16.4. The van der Waals surface area contributed by atoms with Crippen LogP contribution in [-0.2, 0) is 4.79 Å². The molecule has 1 fully saturated rings. The lowest BCUT2D eigenvalue weighted by atomic mass is 9.98. The molecule has 1 aliphatic rings. The monoisotopic (exact) mass is 276 g/mol. The highest BCUT2D eigenvalue weighted by Crippen LogP contribution is 2.28. The van der Waals surface area contributed by atoms with Crippen LogP contribution in [0.5, 0.6) is 0 Å². The number of rotatable bonds is 3. The van der Waals surface area contributed by atoms with E-state index in [-0.39, 0.29) is 11.5 Å². The van der Waals surface area contributed by atoms with Crippen molar-refractivity contribution in [2.45, 2.75) is 26.7 Å². The van der Waals surface area contributed by atoms with Gasteiger partial charge >= 0.3 is 5.97 Å². The van der Waals surface area contributed by atoms with Gasteiger partial charge in [-0.05, 0) is 37.0 Å². The molecule has 1 aromatic rings. The van der Waals surface area contributed by atoms with E-state index in [4.69, 9.17) is 0 Å². The van der Waals surface area contributed by atoms with Gasteiger partial charge in [0.15, 0.2) is 0 Å². The minimum Gasteiger partial charge on any atom is -0.478 e. The van der Waals surface area contributed by atoms with Crippen LogP contribution in [0.2, 0.25) is 0 Å². The summed E-state index contributed by atoms with van der Waals surface area (Å²) in [7, 11) is 0. The number of anilines is 2. The molecule has 0 aliphatic carbocycles. The van der Waals surface area contributed by atoms with E-state index in [0.29, 0.717) is 11.6 Å². The Morgan fingerprint density at radius 1 is 1.30 bits per heavy atom. The van der Waals surface area contributed by atoms with E-state index < -0.39 is 5.97 Å². The number of hydrogen-bond acceptors (Lipinski definition) is 3. The van der Waals surface area contributed by atoms with Crippen molar-refractivity contribution in [2.24, 2.45) is 5.92 Å². The fraction of sp³-hybridized carbons (Fsp3) is 0.467. The number of amides is 1. The van der Waals surface area contributed by atoms with Crippen LogP contribution in [0, 0.1) is 5.92 Å². The second-order valence-electron chi connectivity index (χ2n) is 5.39. The van der Waals surface area contributed by atoms with Crippen LogP contribution in [0.25, 0.3) is 0 Å². The number of carbonyl (C=O) groups excluding carboxylic acids is 1. The zero-order valence-electron chi connectivity index (χ0n) is 11.8. The minimum atomic E-state index is -0.967. The average Bonchev–Trinajstić information content (AvgIpc) is 2.39. The first-order valence-corrected chi connectivity index (χ1v) is 6.87. The molecule has 0 saturated carbocycles. The standard InChI is InChI=1S/C15H20N2O3/c1-10-5-7-17(8-6-10)14-4-3-12(16-11(2)18)9-13(14)15(19)20/h3-4,9-10H,5-8H2,1-2H3,(H,16,18)(H,19,20). The molecule has 20 heavy (non-hydrogen) atoms. The highest BCUT2D eigenvalue weighted by Gasteiger charge is 2.21. The van der Waals surface area contributed by atoms with Crippen LogP contribution in [-0.4, -0.2) is 30.1 Å². The molecule has 0 atom stereocenters. The van der Waals surface area contributed by atoms with Gasteiger partial charge in [0.25, 0.3) is 0 Å². The van der Waals surface area contributed by atoms with Crippen LogP contribution in [0.3, 0.4) is 0 Å². The number of carboxylic acids is 1. The Bertz CT molecular complexity index is 520. The number of nitrogens with zero attached hydrogens (tertiary/aromatic N) is 1. The Kier molecular flexibility index (Phi) is 4.27. The summed E-state index contributed by atoms with van der Waals surface area (Å²) in [5, 5.41) is 12.0. The van der Waals surface area contributed by atoms with Gasteiger partial charge in [-0.1, -0.05) is 6.92 Å². The number of nitrogens with one attached hydrogen (secondary N) is 1. The Balaban J connectivity index is 2.28. The lowest BCUT2D eigenvalue weighted by Gasteiger charge is -2.33. The third-order valence-corrected chi connectivity index (χ3v) is 3.67. The Labute approximate surface area is 118 Å². The topological polar surface area (TPSA) is 69.6 Å². The van der Waals surface area contributed by atoms with Crippen LogP contribution in [0.15, 0.2) is 18.2 Å². The summed E-state index contributed by atoms with van der Waals surface area (Å²) >= 11 is 0. The summed E-state index contributed by atoms with van der Waals surface area (Å²) in [4.78, 5) is 24.6. The van der Waals surface area contributed by atoms with Crippen molar-refractivity contribution in [2.75, 3.05) is 23.3 Å². The number of carbonyl (C=O) groups is 2. The van der Waals surface area contributed by atoms with Crippen molar-refractivity contribution in [1.29, 1.82) is 0 Å². The molecular formula is C15H20N2O3. The van der Waals surface area contributed by atoms with Gasteiger partial charge in [0, 0.05) is 25.7 Å². The summed E-state index contributed by atoms with van der Waals surface area (Å²) < 4.78 is 0. The van der Waals surface area contributed by atoms with Crippen LogP contribution >= 0.6 is 0 Å². The summed E-state index contributed by atoms with van der Waals surface area (Å²) in [5.41, 5.74) is 1.49. The van der Waals surface area contributed by atoms with Crippen molar-refractivity contribution >= 4 is 23.3 Å².